The van der Waals surface area contributed by atoms with Crippen molar-refractivity contribution in [3.63, 3.8) is 0 Å². The quantitative estimate of drug-likeness (QED) is 0.854. The van der Waals surface area contributed by atoms with E-state index in [1.807, 2.05) is 0 Å². The molecule has 1 amide bonds. The summed E-state index contributed by atoms with van der Waals surface area (Å²) in [7, 11) is 1.42. The highest BCUT2D eigenvalue weighted by atomic mass is 35.5. The van der Waals surface area contributed by atoms with Gasteiger partial charge in [0.15, 0.2) is 0 Å². The topological polar surface area (TPSA) is 64.3 Å². The molecule has 104 valence electrons. The van der Waals surface area contributed by atoms with E-state index in [-0.39, 0.29) is 11.3 Å². The molecule has 0 aromatic heterocycles. The number of methoxy groups -OCH3 is 1. The second kappa shape index (κ2) is 5.79. The smallest absolute Gasteiger partial charge is 0.259 e. The Labute approximate surface area is 120 Å². The monoisotopic (exact) mass is 294 g/mol. The van der Waals surface area contributed by atoms with Crippen LogP contribution in [0, 0.1) is 5.82 Å². The zero-order valence-corrected chi connectivity index (χ0v) is 11.4. The SMILES string of the molecule is COc1cc(Cl)ccc1C(=O)Nc1cc(N)ccc1F. The minimum atomic E-state index is -0.569. The first-order chi connectivity index (χ1) is 9.51. The largest absolute Gasteiger partial charge is 0.496 e. The van der Waals surface area contributed by atoms with Crippen molar-refractivity contribution >= 4 is 28.9 Å². The van der Waals surface area contributed by atoms with E-state index in [0.29, 0.717) is 16.5 Å². The number of halogens is 2. The molecular weight excluding hydrogens is 283 g/mol. The molecule has 0 heterocycles. The van der Waals surface area contributed by atoms with Crippen molar-refractivity contribution in [2.24, 2.45) is 0 Å². The lowest BCUT2D eigenvalue weighted by Crippen LogP contribution is -2.14. The summed E-state index contributed by atoms with van der Waals surface area (Å²) < 4.78 is 18.6. The summed E-state index contributed by atoms with van der Waals surface area (Å²) in [5.74, 6) is -0.775. The van der Waals surface area contributed by atoms with Gasteiger partial charge in [0.25, 0.3) is 5.91 Å². The van der Waals surface area contributed by atoms with Gasteiger partial charge in [-0.1, -0.05) is 11.6 Å². The van der Waals surface area contributed by atoms with Crippen LogP contribution in [0.25, 0.3) is 0 Å². The Hall–Kier alpha value is -2.27. The molecule has 2 aromatic rings. The highest BCUT2D eigenvalue weighted by molar-refractivity contribution is 6.31. The van der Waals surface area contributed by atoms with Crippen molar-refractivity contribution in [3.05, 3.63) is 52.8 Å². The number of hydrogen-bond acceptors (Lipinski definition) is 3. The van der Waals surface area contributed by atoms with Gasteiger partial charge in [-0.3, -0.25) is 4.79 Å². The Kier molecular flexibility index (Phi) is 4.10. The number of benzene rings is 2. The summed E-state index contributed by atoms with van der Waals surface area (Å²) >= 11 is 5.82. The fourth-order valence-corrected chi connectivity index (χ4v) is 1.84. The molecule has 2 rings (SSSR count). The first-order valence-corrected chi connectivity index (χ1v) is 6.09. The molecule has 0 fully saturated rings. The van der Waals surface area contributed by atoms with Gasteiger partial charge >= 0.3 is 0 Å². The van der Waals surface area contributed by atoms with Crippen molar-refractivity contribution in [1.29, 1.82) is 0 Å². The maximum Gasteiger partial charge on any atom is 0.259 e. The van der Waals surface area contributed by atoms with Crippen LogP contribution in [-0.2, 0) is 0 Å². The summed E-state index contributed by atoms with van der Waals surface area (Å²) in [4.78, 5) is 12.1. The summed E-state index contributed by atoms with van der Waals surface area (Å²) in [5, 5.41) is 2.88. The number of anilines is 2. The van der Waals surface area contributed by atoms with E-state index in [2.05, 4.69) is 5.32 Å². The zero-order chi connectivity index (χ0) is 14.7. The minimum absolute atomic E-state index is 0.00648. The number of rotatable bonds is 3. The number of nitrogen functional groups attached to an aromatic ring is 1. The summed E-state index contributed by atoms with van der Waals surface area (Å²) in [6, 6.07) is 8.50. The van der Waals surface area contributed by atoms with Crippen LogP contribution in [0.4, 0.5) is 15.8 Å². The van der Waals surface area contributed by atoms with E-state index in [1.165, 1.54) is 37.4 Å². The van der Waals surface area contributed by atoms with Gasteiger partial charge in [0, 0.05) is 10.7 Å². The van der Waals surface area contributed by atoms with Crippen LogP contribution in [-0.4, -0.2) is 13.0 Å². The number of nitrogens with two attached hydrogens (primary N) is 1. The van der Waals surface area contributed by atoms with Crippen molar-refractivity contribution in [2.45, 2.75) is 0 Å². The van der Waals surface area contributed by atoms with Gasteiger partial charge < -0.3 is 15.8 Å². The molecule has 3 N–H and O–H groups in total. The van der Waals surface area contributed by atoms with Crippen LogP contribution >= 0.6 is 11.6 Å². The fourth-order valence-electron chi connectivity index (χ4n) is 1.68. The van der Waals surface area contributed by atoms with Gasteiger partial charge in [-0.05, 0) is 36.4 Å². The molecule has 20 heavy (non-hydrogen) atoms. The molecule has 0 saturated carbocycles. The third-order valence-corrected chi connectivity index (χ3v) is 2.88. The average molecular weight is 295 g/mol. The number of nitrogens with one attached hydrogen (secondary N) is 1. The number of carbonyl (C=O) groups is 1. The molecular formula is C14H12ClFN2O2. The molecule has 4 nitrogen and oxygen atoms in total. The zero-order valence-electron chi connectivity index (χ0n) is 10.6. The van der Waals surface area contributed by atoms with Crippen LogP contribution in [0.3, 0.4) is 0 Å². The van der Waals surface area contributed by atoms with E-state index >= 15 is 0 Å². The van der Waals surface area contributed by atoms with E-state index in [4.69, 9.17) is 22.1 Å². The number of ether oxygens (including phenoxy) is 1. The van der Waals surface area contributed by atoms with E-state index < -0.39 is 11.7 Å². The standard InChI is InChI=1S/C14H12ClFN2O2/c1-20-13-6-8(15)2-4-10(13)14(19)18-12-7-9(17)3-5-11(12)16/h2-7H,17H2,1H3,(H,18,19). The molecule has 0 bridgehead atoms. The van der Waals surface area contributed by atoms with E-state index in [9.17, 15) is 9.18 Å². The number of amides is 1. The Bertz CT molecular complexity index is 662. The van der Waals surface area contributed by atoms with Crippen molar-refractivity contribution in [3.8, 4) is 5.75 Å². The Morgan fingerprint density at radius 3 is 2.75 bits per heavy atom. The van der Waals surface area contributed by atoms with Gasteiger partial charge in [-0.15, -0.1) is 0 Å². The predicted octanol–water partition coefficient (Wildman–Crippen LogP) is 3.32. The number of hydrogen-bond donors (Lipinski definition) is 2. The van der Waals surface area contributed by atoms with E-state index in [0.717, 1.165) is 0 Å². The first kappa shape index (κ1) is 14.1. The van der Waals surface area contributed by atoms with Gasteiger partial charge in [-0.2, -0.15) is 0 Å². The second-order valence-corrected chi connectivity index (χ2v) is 4.47. The summed E-state index contributed by atoms with van der Waals surface area (Å²) in [5.41, 5.74) is 6.16. The lowest BCUT2D eigenvalue weighted by molar-refractivity contribution is 0.102. The molecule has 0 saturated heterocycles. The molecule has 0 aliphatic heterocycles. The Morgan fingerprint density at radius 1 is 1.30 bits per heavy atom. The van der Waals surface area contributed by atoms with Gasteiger partial charge in [0.1, 0.15) is 11.6 Å². The minimum Gasteiger partial charge on any atom is -0.496 e. The molecule has 0 aliphatic carbocycles. The molecule has 0 radical (unpaired) electrons. The number of carbonyl (C=O) groups excluding carboxylic acids is 1. The highest BCUT2D eigenvalue weighted by Gasteiger charge is 2.14. The van der Waals surface area contributed by atoms with Gasteiger partial charge in [-0.25, -0.2) is 4.39 Å². The molecule has 0 atom stereocenters. The van der Waals surface area contributed by atoms with Gasteiger partial charge in [0.05, 0.1) is 18.4 Å². The predicted molar refractivity (Wildman–Crippen MR) is 76.8 cm³/mol. The van der Waals surface area contributed by atoms with Crippen LogP contribution in [0.1, 0.15) is 10.4 Å². The van der Waals surface area contributed by atoms with Crippen LogP contribution in [0.2, 0.25) is 5.02 Å². The second-order valence-electron chi connectivity index (χ2n) is 4.04. The first-order valence-electron chi connectivity index (χ1n) is 5.71. The maximum atomic E-state index is 13.6. The van der Waals surface area contributed by atoms with Crippen LogP contribution in [0.15, 0.2) is 36.4 Å². The Morgan fingerprint density at radius 2 is 2.05 bits per heavy atom. The van der Waals surface area contributed by atoms with Crippen molar-refractivity contribution < 1.29 is 13.9 Å². The summed E-state index contributed by atoms with van der Waals surface area (Å²) in [6.45, 7) is 0. The maximum absolute atomic E-state index is 13.6. The average Bonchev–Trinajstić information content (AvgIpc) is 2.42. The Balaban J connectivity index is 2.30. The third-order valence-electron chi connectivity index (χ3n) is 2.65. The fraction of sp³-hybridized carbons (Fsp3) is 0.0714. The van der Waals surface area contributed by atoms with Crippen LogP contribution < -0.4 is 15.8 Å². The lowest BCUT2D eigenvalue weighted by atomic mass is 10.1. The van der Waals surface area contributed by atoms with Crippen molar-refractivity contribution in [1.82, 2.24) is 0 Å². The van der Waals surface area contributed by atoms with E-state index in [1.54, 1.807) is 6.07 Å². The molecule has 0 unspecified atom stereocenters. The molecule has 0 spiro atoms. The van der Waals surface area contributed by atoms with Gasteiger partial charge in [0.2, 0.25) is 0 Å². The molecule has 2 aromatic carbocycles. The molecule has 0 aliphatic rings. The molecule has 6 heteroatoms. The van der Waals surface area contributed by atoms with Crippen LogP contribution in [0.5, 0.6) is 5.75 Å². The lowest BCUT2D eigenvalue weighted by Gasteiger charge is -2.10. The highest BCUT2D eigenvalue weighted by Crippen LogP contribution is 2.25. The normalized spacial score (nSPS) is 10.2. The summed E-state index contributed by atoms with van der Waals surface area (Å²) in [6.07, 6.45) is 0. The third kappa shape index (κ3) is 3.00. The van der Waals surface area contributed by atoms with Crippen molar-refractivity contribution in [2.75, 3.05) is 18.2 Å².